The minimum Gasteiger partial charge on any atom is -0.457 e. The molecule has 0 saturated carbocycles. The van der Waals surface area contributed by atoms with Crippen molar-refractivity contribution in [1.29, 1.82) is 0 Å². The van der Waals surface area contributed by atoms with Crippen molar-refractivity contribution in [1.82, 2.24) is 9.79 Å². The van der Waals surface area contributed by atoms with E-state index >= 15 is 0 Å². The quantitative estimate of drug-likeness (QED) is 0.554. The van der Waals surface area contributed by atoms with E-state index in [1.807, 2.05) is 0 Å². The fourth-order valence-electron chi connectivity index (χ4n) is 2.59. The Labute approximate surface area is 157 Å². The number of hydroxylamine groups is 1. The summed E-state index contributed by atoms with van der Waals surface area (Å²) in [7, 11) is -2.70. The summed E-state index contributed by atoms with van der Waals surface area (Å²) in [6, 6.07) is 9.94. The van der Waals surface area contributed by atoms with Crippen molar-refractivity contribution in [2.45, 2.75) is 24.8 Å². The Hall–Kier alpha value is -2.49. The molecule has 0 heterocycles. The number of ether oxygens (including phenoxy) is 1. The highest BCUT2D eigenvalue weighted by Crippen LogP contribution is 2.25. The molecule has 9 heteroatoms. The maximum absolute atomic E-state index is 12.9. The van der Waals surface area contributed by atoms with Gasteiger partial charge in [0.2, 0.25) is 10.0 Å². The highest BCUT2D eigenvalue weighted by Gasteiger charge is 2.34. The Morgan fingerprint density at radius 1 is 1.07 bits per heavy atom. The van der Waals surface area contributed by atoms with Crippen LogP contribution in [0.2, 0.25) is 0 Å². The molecule has 0 unspecified atom stereocenters. The third-order valence-electron chi connectivity index (χ3n) is 3.95. The van der Waals surface area contributed by atoms with Gasteiger partial charge in [0.1, 0.15) is 23.4 Å². The minimum atomic E-state index is -3.98. The van der Waals surface area contributed by atoms with Crippen molar-refractivity contribution >= 4 is 15.9 Å². The lowest BCUT2D eigenvalue weighted by atomic mass is 10.0. The first-order valence-corrected chi connectivity index (χ1v) is 9.56. The van der Waals surface area contributed by atoms with Gasteiger partial charge < -0.3 is 4.74 Å². The number of hydrogen-bond acceptors (Lipinski definition) is 5. The number of amides is 1. The summed E-state index contributed by atoms with van der Waals surface area (Å²) in [4.78, 5) is 11.8. The molecular formula is C18H21FN2O5S. The zero-order chi connectivity index (χ0) is 20.2. The second-order valence-corrected chi connectivity index (χ2v) is 8.21. The number of nitrogens with one attached hydrogen (secondary N) is 1. The Kier molecular flexibility index (Phi) is 6.53. The second kappa shape index (κ2) is 8.47. The summed E-state index contributed by atoms with van der Waals surface area (Å²) in [6.07, 6.45) is 0. The van der Waals surface area contributed by atoms with E-state index in [9.17, 15) is 17.6 Å². The fourth-order valence-corrected chi connectivity index (χ4v) is 4.04. The van der Waals surface area contributed by atoms with Crippen molar-refractivity contribution in [3.63, 3.8) is 0 Å². The van der Waals surface area contributed by atoms with Gasteiger partial charge in [0.25, 0.3) is 5.91 Å². The topological polar surface area (TPSA) is 95.9 Å². The zero-order valence-corrected chi connectivity index (χ0v) is 15.9. The predicted octanol–water partition coefficient (Wildman–Crippen LogP) is 2.77. The van der Waals surface area contributed by atoms with E-state index in [0.717, 1.165) is 4.31 Å². The van der Waals surface area contributed by atoms with Crippen LogP contribution in [0.15, 0.2) is 53.4 Å². The molecule has 0 radical (unpaired) electrons. The van der Waals surface area contributed by atoms with Gasteiger partial charge >= 0.3 is 0 Å². The molecule has 0 aromatic heterocycles. The van der Waals surface area contributed by atoms with E-state index < -0.39 is 27.8 Å². The van der Waals surface area contributed by atoms with E-state index in [2.05, 4.69) is 0 Å². The van der Waals surface area contributed by atoms with Crippen LogP contribution in [0.1, 0.15) is 13.8 Å². The lowest BCUT2D eigenvalue weighted by Gasteiger charge is -2.28. The molecule has 146 valence electrons. The molecule has 1 amide bonds. The maximum Gasteiger partial charge on any atom is 0.262 e. The Balaban J connectivity index is 2.23. The molecule has 2 aromatic carbocycles. The van der Waals surface area contributed by atoms with Crippen LogP contribution in [-0.2, 0) is 14.8 Å². The largest absolute Gasteiger partial charge is 0.457 e. The van der Waals surface area contributed by atoms with Gasteiger partial charge in [-0.1, -0.05) is 13.8 Å². The normalized spacial score (nSPS) is 12.9. The van der Waals surface area contributed by atoms with Crippen LogP contribution >= 0.6 is 0 Å². The summed E-state index contributed by atoms with van der Waals surface area (Å²) in [6.45, 7) is 3.34. The monoisotopic (exact) mass is 396 g/mol. The summed E-state index contributed by atoms with van der Waals surface area (Å²) in [5, 5.41) is 8.87. The lowest BCUT2D eigenvalue weighted by Crippen LogP contribution is -2.49. The molecule has 1 atom stereocenters. The highest BCUT2D eigenvalue weighted by molar-refractivity contribution is 7.89. The lowest BCUT2D eigenvalue weighted by molar-refractivity contribution is -0.134. The number of benzene rings is 2. The van der Waals surface area contributed by atoms with E-state index in [4.69, 9.17) is 9.94 Å². The first-order chi connectivity index (χ1) is 12.7. The molecule has 0 saturated heterocycles. The van der Waals surface area contributed by atoms with Crippen LogP contribution in [0.5, 0.6) is 11.5 Å². The number of rotatable bonds is 7. The van der Waals surface area contributed by atoms with Gasteiger partial charge in [-0.25, -0.2) is 18.3 Å². The van der Waals surface area contributed by atoms with Crippen LogP contribution in [0, 0.1) is 11.7 Å². The number of sulfonamides is 1. The number of carbonyl (C=O) groups is 1. The summed E-state index contributed by atoms with van der Waals surface area (Å²) in [5.74, 6) is -0.788. The average molecular weight is 396 g/mol. The van der Waals surface area contributed by atoms with Crippen molar-refractivity contribution in [3.05, 3.63) is 54.3 Å². The summed E-state index contributed by atoms with van der Waals surface area (Å²) < 4.78 is 44.9. The Morgan fingerprint density at radius 2 is 1.56 bits per heavy atom. The van der Waals surface area contributed by atoms with Crippen molar-refractivity contribution in [2.24, 2.45) is 5.92 Å². The molecular weight excluding hydrogens is 375 g/mol. The van der Waals surface area contributed by atoms with E-state index in [0.29, 0.717) is 11.5 Å². The molecule has 2 aromatic rings. The van der Waals surface area contributed by atoms with Gasteiger partial charge in [-0.3, -0.25) is 10.0 Å². The van der Waals surface area contributed by atoms with E-state index in [1.54, 1.807) is 13.8 Å². The molecule has 0 fully saturated rings. The first kappa shape index (κ1) is 20.8. The van der Waals surface area contributed by atoms with Gasteiger partial charge in [0, 0.05) is 7.05 Å². The summed E-state index contributed by atoms with van der Waals surface area (Å²) in [5.41, 5.74) is 1.50. The number of halogens is 1. The smallest absolute Gasteiger partial charge is 0.262 e. The van der Waals surface area contributed by atoms with Crippen molar-refractivity contribution in [2.75, 3.05) is 7.05 Å². The van der Waals surface area contributed by atoms with Crippen molar-refractivity contribution < 1.29 is 27.5 Å². The van der Waals surface area contributed by atoms with Crippen LogP contribution in [0.25, 0.3) is 0 Å². The van der Waals surface area contributed by atoms with Crippen LogP contribution in [-0.4, -0.2) is 36.9 Å². The SMILES string of the molecule is CC(C)[C@H](C(=O)NO)N(C)S(=O)(=O)c1ccc(Oc2ccc(F)cc2)cc1. The second-order valence-electron chi connectivity index (χ2n) is 6.21. The van der Waals surface area contributed by atoms with Gasteiger partial charge in [0.05, 0.1) is 4.90 Å². The predicted molar refractivity (Wildman–Crippen MR) is 96.4 cm³/mol. The average Bonchev–Trinajstić information content (AvgIpc) is 2.63. The molecule has 0 bridgehead atoms. The molecule has 0 aliphatic rings. The third kappa shape index (κ3) is 4.82. The van der Waals surface area contributed by atoms with Crippen LogP contribution in [0.4, 0.5) is 4.39 Å². The standard InChI is InChI=1S/C18H21FN2O5S/c1-12(2)17(18(22)20-23)21(3)27(24,25)16-10-8-15(9-11-16)26-14-6-4-13(19)5-7-14/h4-12,17,23H,1-3H3,(H,20,22)/t17-/m1/s1. The number of carbonyl (C=O) groups excluding carboxylic acids is 1. The molecule has 0 aliphatic carbocycles. The fraction of sp³-hybridized carbons (Fsp3) is 0.278. The first-order valence-electron chi connectivity index (χ1n) is 8.12. The zero-order valence-electron chi connectivity index (χ0n) is 15.1. The van der Waals surface area contributed by atoms with E-state index in [-0.39, 0.29) is 10.8 Å². The molecule has 2 N–H and O–H groups in total. The molecule has 2 rings (SSSR count). The Morgan fingerprint density at radius 3 is 2.00 bits per heavy atom. The maximum atomic E-state index is 12.9. The molecule has 0 spiro atoms. The van der Waals surface area contributed by atoms with Gasteiger partial charge in [-0.15, -0.1) is 0 Å². The molecule has 0 aliphatic heterocycles. The highest BCUT2D eigenvalue weighted by atomic mass is 32.2. The van der Waals surface area contributed by atoms with E-state index in [1.165, 1.54) is 61.1 Å². The number of likely N-dealkylation sites (N-methyl/N-ethyl adjacent to an activating group) is 1. The number of nitrogens with zero attached hydrogens (tertiary/aromatic N) is 1. The van der Waals surface area contributed by atoms with Crippen LogP contribution in [0.3, 0.4) is 0 Å². The van der Waals surface area contributed by atoms with Crippen LogP contribution < -0.4 is 10.2 Å². The third-order valence-corrected chi connectivity index (χ3v) is 5.81. The van der Waals surface area contributed by atoms with Crippen molar-refractivity contribution in [3.8, 4) is 11.5 Å². The van der Waals surface area contributed by atoms with Gasteiger partial charge in [0.15, 0.2) is 0 Å². The Bertz CT molecular complexity index is 883. The van der Waals surface area contributed by atoms with Gasteiger partial charge in [-0.2, -0.15) is 4.31 Å². The minimum absolute atomic E-state index is 0.0344. The summed E-state index contributed by atoms with van der Waals surface area (Å²) >= 11 is 0. The van der Waals surface area contributed by atoms with Gasteiger partial charge in [-0.05, 0) is 54.4 Å². The molecule has 7 nitrogen and oxygen atoms in total. The number of hydrogen-bond donors (Lipinski definition) is 2. The molecule has 27 heavy (non-hydrogen) atoms.